The van der Waals surface area contributed by atoms with Crippen LogP contribution in [0.1, 0.15) is 25.0 Å². The predicted molar refractivity (Wildman–Crippen MR) is 233 cm³/mol. The third kappa shape index (κ3) is 4.11. The Balaban J connectivity index is 1.08. The summed E-state index contributed by atoms with van der Waals surface area (Å²) in [5.41, 5.74) is 10.6. The van der Waals surface area contributed by atoms with Gasteiger partial charge in [-0.1, -0.05) is 123 Å². The summed E-state index contributed by atoms with van der Waals surface area (Å²) in [4.78, 5) is 0. The minimum Gasteiger partial charge on any atom is -0.135 e. The first-order chi connectivity index (χ1) is 26.0. The first-order valence-electron chi connectivity index (χ1n) is 18.4. The van der Waals surface area contributed by atoms with Crippen molar-refractivity contribution in [3.05, 3.63) is 169 Å². The Morgan fingerprint density at radius 1 is 0.340 bits per heavy atom. The molecule has 2 aromatic heterocycles. The second-order valence-corrected chi connectivity index (χ2v) is 17.4. The fourth-order valence-corrected chi connectivity index (χ4v) is 11.8. The summed E-state index contributed by atoms with van der Waals surface area (Å²) in [5.74, 6) is 0. The Hall–Kier alpha value is -5.80. The topological polar surface area (TPSA) is 0 Å². The lowest BCUT2D eigenvalue weighted by atomic mass is 9.81. The van der Waals surface area contributed by atoms with Gasteiger partial charge in [-0.3, -0.25) is 0 Å². The number of hydrogen-bond acceptors (Lipinski definition) is 2. The van der Waals surface area contributed by atoms with E-state index in [2.05, 4.69) is 172 Å². The molecule has 0 atom stereocenters. The first kappa shape index (κ1) is 29.7. The van der Waals surface area contributed by atoms with Gasteiger partial charge in [0.05, 0.1) is 0 Å². The molecule has 0 aliphatic heterocycles. The monoisotopic (exact) mass is 708 g/mol. The quantitative estimate of drug-likeness (QED) is 0.157. The molecule has 11 aromatic rings. The average Bonchev–Trinajstić information content (AvgIpc) is 3.81. The van der Waals surface area contributed by atoms with Gasteiger partial charge in [-0.2, -0.15) is 0 Å². The van der Waals surface area contributed by atoms with Gasteiger partial charge in [0, 0.05) is 45.8 Å². The summed E-state index contributed by atoms with van der Waals surface area (Å²) in [6.45, 7) is 4.80. The molecule has 0 spiro atoms. The fraction of sp³-hybridized carbons (Fsp3) is 0.0588. The van der Waals surface area contributed by atoms with Crippen LogP contribution in [-0.2, 0) is 5.41 Å². The van der Waals surface area contributed by atoms with E-state index in [1.807, 2.05) is 22.7 Å². The normalized spacial score (nSPS) is 13.6. The molecule has 0 saturated carbocycles. The van der Waals surface area contributed by atoms with Gasteiger partial charge in [0.1, 0.15) is 0 Å². The smallest absolute Gasteiger partial charge is 0.0361 e. The van der Waals surface area contributed by atoms with Crippen LogP contribution < -0.4 is 0 Å². The zero-order chi connectivity index (χ0) is 35.0. The molecule has 12 rings (SSSR count). The third-order valence-electron chi connectivity index (χ3n) is 12.0. The molecule has 0 bridgehead atoms. The molecule has 9 aromatic carbocycles. The van der Waals surface area contributed by atoms with Crippen LogP contribution in [0.25, 0.3) is 106 Å². The SMILES string of the molecule is CC1(C)c2ccc(-c3c4ccccc4c(-c4ccc5c(c4)sc4ccccc45)c4ccccc34)cc2-c2cc3cc4sc5ccccc5c4cc3cc21. The maximum Gasteiger partial charge on any atom is 0.0361 e. The molecular weight excluding hydrogens is 677 g/mol. The van der Waals surface area contributed by atoms with Crippen molar-refractivity contribution >= 4 is 95.3 Å². The molecule has 0 nitrogen and oxygen atoms in total. The highest BCUT2D eigenvalue weighted by molar-refractivity contribution is 7.26. The standard InChI is InChI=1S/C51H32S2/c1-51(2)43-22-20-29(23-40(43)41-24-32-28-48-42(25-31(32)26-44(41)51)34-12-8-10-18-46(34)53-48)49-36-13-3-5-15-38(36)50(39-16-6-4-14-37(39)49)30-19-21-35-33-11-7-9-17-45(33)52-47(35)27-30/h3-28H,1-2H3. The van der Waals surface area contributed by atoms with E-state index in [-0.39, 0.29) is 5.41 Å². The van der Waals surface area contributed by atoms with Gasteiger partial charge < -0.3 is 0 Å². The van der Waals surface area contributed by atoms with Crippen molar-refractivity contribution in [3.8, 4) is 33.4 Å². The van der Waals surface area contributed by atoms with Crippen LogP contribution in [0.4, 0.5) is 0 Å². The Morgan fingerprint density at radius 3 is 1.45 bits per heavy atom. The van der Waals surface area contributed by atoms with E-state index in [1.165, 1.54) is 117 Å². The minimum absolute atomic E-state index is 0.0949. The van der Waals surface area contributed by atoms with Crippen LogP contribution in [0.2, 0.25) is 0 Å². The number of benzene rings is 9. The molecule has 0 fully saturated rings. The summed E-state index contributed by atoms with van der Waals surface area (Å²) >= 11 is 3.79. The zero-order valence-electron chi connectivity index (χ0n) is 29.3. The third-order valence-corrected chi connectivity index (χ3v) is 14.3. The molecule has 0 radical (unpaired) electrons. The second kappa shape index (κ2) is 10.6. The van der Waals surface area contributed by atoms with Crippen molar-refractivity contribution in [3.63, 3.8) is 0 Å². The molecule has 1 aliphatic rings. The number of fused-ring (bicyclic) bond motifs is 12. The van der Waals surface area contributed by atoms with Crippen molar-refractivity contribution in [2.24, 2.45) is 0 Å². The van der Waals surface area contributed by atoms with Crippen molar-refractivity contribution in [1.29, 1.82) is 0 Å². The van der Waals surface area contributed by atoms with E-state index in [0.717, 1.165) is 0 Å². The van der Waals surface area contributed by atoms with Crippen molar-refractivity contribution in [1.82, 2.24) is 0 Å². The Morgan fingerprint density at radius 2 is 0.811 bits per heavy atom. The fourth-order valence-electron chi connectivity index (χ4n) is 9.50. The van der Waals surface area contributed by atoms with E-state index in [9.17, 15) is 0 Å². The van der Waals surface area contributed by atoms with E-state index >= 15 is 0 Å². The van der Waals surface area contributed by atoms with E-state index in [4.69, 9.17) is 0 Å². The number of hydrogen-bond donors (Lipinski definition) is 0. The number of rotatable bonds is 2. The van der Waals surface area contributed by atoms with Gasteiger partial charge in [-0.15, -0.1) is 22.7 Å². The summed E-state index contributed by atoms with van der Waals surface area (Å²) in [6.07, 6.45) is 0. The van der Waals surface area contributed by atoms with Crippen LogP contribution in [0.5, 0.6) is 0 Å². The lowest BCUT2D eigenvalue weighted by Crippen LogP contribution is -2.14. The van der Waals surface area contributed by atoms with Crippen LogP contribution in [0, 0.1) is 0 Å². The molecule has 0 N–H and O–H groups in total. The molecule has 248 valence electrons. The van der Waals surface area contributed by atoms with Gasteiger partial charge in [0.15, 0.2) is 0 Å². The lowest BCUT2D eigenvalue weighted by molar-refractivity contribution is 0.661. The molecule has 2 heteroatoms. The average molecular weight is 709 g/mol. The first-order valence-corrected chi connectivity index (χ1v) is 20.0. The van der Waals surface area contributed by atoms with Gasteiger partial charge in [-0.05, 0) is 125 Å². The van der Waals surface area contributed by atoms with Gasteiger partial charge in [0.25, 0.3) is 0 Å². The van der Waals surface area contributed by atoms with Crippen molar-refractivity contribution in [2.75, 3.05) is 0 Å². The molecule has 0 saturated heterocycles. The Labute approximate surface area is 315 Å². The summed E-state index contributed by atoms with van der Waals surface area (Å²) in [5, 5.41) is 13.2. The maximum atomic E-state index is 2.49. The molecule has 1 aliphatic carbocycles. The van der Waals surface area contributed by atoms with E-state index in [0.29, 0.717) is 0 Å². The van der Waals surface area contributed by atoms with Crippen LogP contribution in [-0.4, -0.2) is 0 Å². The largest absolute Gasteiger partial charge is 0.135 e. The van der Waals surface area contributed by atoms with Crippen molar-refractivity contribution < 1.29 is 0 Å². The molecule has 2 heterocycles. The highest BCUT2D eigenvalue weighted by atomic mass is 32.1. The van der Waals surface area contributed by atoms with Gasteiger partial charge >= 0.3 is 0 Å². The van der Waals surface area contributed by atoms with Crippen molar-refractivity contribution in [2.45, 2.75) is 19.3 Å². The summed E-state index contributed by atoms with van der Waals surface area (Å²) in [6, 6.07) is 59.8. The van der Waals surface area contributed by atoms with Crippen LogP contribution in [0.15, 0.2) is 158 Å². The minimum atomic E-state index is -0.0949. The van der Waals surface area contributed by atoms with Crippen LogP contribution in [0.3, 0.4) is 0 Å². The van der Waals surface area contributed by atoms with Gasteiger partial charge in [0.2, 0.25) is 0 Å². The van der Waals surface area contributed by atoms with Crippen LogP contribution >= 0.6 is 22.7 Å². The maximum absolute atomic E-state index is 2.49. The molecule has 0 amide bonds. The Bertz CT molecular complexity index is 3310. The second-order valence-electron chi connectivity index (χ2n) is 15.2. The molecular formula is C51H32S2. The highest BCUT2D eigenvalue weighted by Gasteiger charge is 2.36. The Kier molecular flexibility index (Phi) is 5.97. The summed E-state index contributed by atoms with van der Waals surface area (Å²) in [7, 11) is 0. The van der Waals surface area contributed by atoms with E-state index < -0.39 is 0 Å². The summed E-state index contributed by atoms with van der Waals surface area (Å²) < 4.78 is 5.38. The predicted octanol–water partition coefficient (Wildman–Crippen LogP) is 15.5. The van der Waals surface area contributed by atoms with Gasteiger partial charge in [-0.25, -0.2) is 0 Å². The highest BCUT2D eigenvalue weighted by Crippen LogP contribution is 2.53. The molecule has 53 heavy (non-hydrogen) atoms. The van der Waals surface area contributed by atoms with E-state index in [1.54, 1.807) is 0 Å². The zero-order valence-corrected chi connectivity index (χ0v) is 31.0. The molecule has 0 unspecified atom stereocenters. The lowest BCUT2D eigenvalue weighted by Gasteiger charge is -2.22. The number of thiophene rings is 2.